The zero-order valence-electron chi connectivity index (χ0n) is 17.7. The Hall–Kier alpha value is -3.01. The van der Waals surface area contributed by atoms with Gasteiger partial charge in [-0.1, -0.05) is 87.6 Å². The van der Waals surface area contributed by atoms with Crippen molar-refractivity contribution in [3.8, 4) is 22.5 Å². The van der Waals surface area contributed by atoms with Crippen molar-refractivity contribution < 1.29 is 9.90 Å². The van der Waals surface area contributed by atoms with Gasteiger partial charge in [-0.05, 0) is 35.1 Å². The van der Waals surface area contributed by atoms with Crippen LogP contribution in [0.15, 0.2) is 60.9 Å². The lowest BCUT2D eigenvalue weighted by Crippen LogP contribution is -1.99. The zero-order valence-corrected chi connectivity index (χ0v) is 17.7. The number of benzene rings is 2. The number of aryl methyl sites for hydroxylation is 1. The van der Waals surface area contributed by atoms with Crippen LogP contribution in [0.2, 0.25) is 0 Å². The lowest BCUT2D eigenvalue weighted by Gasteiger charge is -2.06. The Kier molecular flexibility index (Phi) is 8.13. The summed E-state index contributed by atoms with van der Waals surface area (Å²) in [5.41, 5.74) is 5.14. The van der Waals surface area contributed by atoms with Crippen molar-refractivity contribution in [1.29, 1.82) is 0 Å². The molecule has 0 fully saturated rings. The first-order valence-corrected chi connectivity index (χ1v) is 10.9. The van der Waals surface area contributed by atoms with E-state index in [1.54, 1.807) is 0 Å². The summed E-state index contributed by atoms with van der Waals surface area (Å²) in [7, 11) is 0. The average molecular weight is 403 g/mol. The molecule has 0 aliphatic carbocycles. The predicted molar refractivity (Wildman–Crippen MR) is 121 cm³/mol. The highest BCUT2D eigenvalue weighted by molar-refractivity contribution is 5.72. The van der Waals surface area contributed by atoms with Crippen LogP contribution in [0, 0.1) is 0 Å². The molecule has 0 saturated heterocycles. The third-order valence-electron chi connectivity index (χ3n) is 5.31. The van der Waals surface area contributed by atoms with Crippen molar-refractivity contribution in [2.75, 3.05) is 0 Å². The van der Waals surface area contributed by atoms with E-state index < -0.39 is 5.97 Å². The number of aliphatic carboxylic acids is 1. The second-order valence-corrected chi connectivity index (χ2v) is 7.78. The van der Waals surface area contributed by atoms with Crippen LogP contribution in [-0.2, 0) is 17.6 Å². The smallest absolute Gasteiger partial charge is 0.307 e. The van der Waals surface area contributed by atoms with Gasteiger partial charge in [-0.3, -0.25) is 4.79 Å². The molecule has 4 heteroatoms. The molecule has 3 aromatic rings. The van der Waals surface area contributed by atoms with Crippen LogP contribution in [0.3, 0.4) is 0 Å². The van der Waals surface area contributed by atoms with Crippen LogP contribution in [0.5, 0.6) is 0 Å². The molecule has 0 unspecified atom stereocenters. The van der Waals surface area contributed by atoms with E-state index in [0.29, 0.717) is 0 Å². The Morgan fingerprint density at radius 1 is 0.733 bits per heavy atom. The number of carboxylic acid groups (broad SMARTS) is 1. The minimum Gasteiger partial charge on any atom is -0.481 e. The quantitative estimate of drug-likeness (QED) is 0.380. The van der Waals surface area contributed by atoms with Crippen molar-refractivity contribution in [2.45, 2.75) is 58.3 Å². The number of nitrogens with zero attached hydrogens (tertiary/aromatic N) is 2. The molecule has 0 radical (unpaired) electrons. The summed E-state index contributed by atoms with van der Waals surface area (Å²) in [5, 5.41) is 8.88. The van der Waals surface area contributed by atoms with E-state index in [0.717, 1.165) is 34.5 Å². The molecule has 0 saturated carbocycles. The first kappa shape index (κ1) is 21.7. The average Bonchev–Trinajstić information content (AvgIpc) is 2.77. The van der Waals surface area contributed by atoms with Gasteiger partial charge in [0.1, 0.15) is 0 Å². The Labute approximate surface area is 179 Å². The molecule has 4 nitrogen and oxygen atoms in total. The summed E-state index contributed by atoms with van der Waals surface area (Å²) in [4.78, 5) is 19.9. The molecule has 0 atom stereocenters. The third-order valence-corrected chi connectivity index (χ3v) is 5.31. The van der Waals surface area contributed by atoms with E-state index >= 15 is 0 Å². The molecule has 0 bridgehead atoms. The molecule has 1 aromatic heterocycles. The highest BCUT2D eigenvalue weighted by Gasteiger charge is 2.05. The molecule has 2 aromatic carbocycles. The van der Waals surface area contributed by atoms with Gasteiger partial charge in [-0.25, -0.2) is 9.97 Å². The van der Waals surface area contributed by atoms with Gasteiger partial charge in [0.25, 0.3) is 0 Å². The molecule has 1 heterocycles. The Balaban J connectivity index is 1.56. The SMILES string of the molecule is CCCCCCCCc1cnc(-c2ccc(-c3ccc(CC(=O)O)cc3)cc2)nc1. The normalized spacial score (nSPS) is 10.8. The van der Waals surface area contributed by atoms with E-state index in [4.69, 9.17) is 5.11 Å². The molecule has 0 spiro atoms. The second kappa shape index (κ2) is 11.2. The largest absolute Gasteiger partial charge is 0.481 e. The lowest BCUT2D eigenvalue weighted by atomic mass is 10.0. The number of hydrogen-bond acceptors (Lipinski definition) is 3. The first-order chi connectivity index (χ1) is 14.7. The summed E-state index contributed by atoms with van der Waals surface area (Å²) < 4.78 is 0. The highest BCUT2D eigenvalue weighted by Crippen LogP contribution is 2.23. The predicted octanol–water partition coefficient (Wildman–Crippen LogP) is 6.34. The molecule has 0 aliphatic rings. The van der Waals surface area contributed by atoms with Crippen LogP contribution >= 0.6 is 0 Å². The van der Waals surface area contributed by atoms with Gasteiger partial charge >= 0.3 is 5.97 Å². The van der Waals surface area contributed by atoms with E-state index in [1.807, 2.05) is 48.8 Å². The summed E-state index contributed by atoms with van der Waals surface area (Å²) in [6.07, 6.45) is 12.8. The van der Waals surface area contributed by atoms with Gasteiger partial charge in [0.2, 0.25) is 0 Å². The fourth-order valence-corrected chi connectivity index (χ4v) is 3.54. The zero-order chi connectivity index (χ0) is 21.2. The maximum absolute atomic E-state index is 10.8. The van der Waals surface area contributed by atoms with Gasteiger partial charge in [0.05, 0.1) is 6.42 Å². The highest BCUT2D eigenvalue weighted by atomic mass is 16.4. The molecule has 156 valence electrons. The Morgan fingerprint density at radius 2 is 1.27 bits per heavy atom. The van der Waals surface area contributed by atoms with Crippen LogP contribution in [0.25, 0.3) is 22.5 Å². The van der Waals surface area contributed by atoms with Crippen molar-refractivity contribution in [2.24, 2.45) is 0 Å². The van der Waals surface area contributed by atoms with E-state index in [9.17, 15) is 4.79 Å². The molecular weight excluding hydrogens is 372 g/mol. The standard InChI is InChI=1S/C26H30N2O2/c1-2-3-4-5-6-7-8-21-18-27-26(28-19-21)24-15-13-23(14-16-24)22-11-9-20(10-12-22)17-25(29)30/h9-16,18-19H,2-8,17H2,1H3,(H,29,30). The minimum absolute atomic E-state index is 0.0470. The molecular formula is C26H30N2O2. The van der Waals surface area contributed by atoms with Crippen LogP contribution < -0.4 is 0 Å². The Morgan fingerprint density at radius 3 is 1.87 bits per heavy atom. The first-order valence-electron chi connectivity index (χ1n) is 10.9. The number of unbranched alkanes of at least 4 members (excludes halogenated alkanes) is 5. The van der Waals surface area contributed by atoms with Gasteiger partial charge in [0, 0.05) is 18.0 Å². The molecule has 0 amide bonds. The van der Waals surface area contributed by atoms with Gasteiger partial charge in [0.15, 0.2) is 5.82 Å². The molecule has 3 rings (SSSR count). The second-order valence-electron chi connectivity index (χ2n) is 7.78. The van der Waals surface area contributed by atoms with Gasteiger partial charge in [-0.2, -0.15) is 0 Å². The van der Waals surface area contributed by atoms with Crippen molar-refractivity contribution in [3.05, 3.63) is 72.1 Å². The van der Waals surface area contributed by atoms with Crippen LogP contribution in [0.4, 0.5) is 0 Å². The fraction of sp³-hybridized carbons (Fsp3) is 0.346. The molecule has 1 N–H and O–H groups in total. The number of carbonyl (C=O) groups is 1. The lowest BCUT2D eigenvalue weighted by molar-refractivity contribution is -0.136. The van der Waals surface area contributed by atoms with E-state index in [2.05, 4.69) is 29.0 Å². The monoisotopic (exact) mass is 402 g/mol. The third kappa shape index (κ3) is 6.51. The minimum atomic E-state index is -0.815. The maximum Gasteiger partial charge on any atom is 0.307 e. The molecule has 30 heavy (non-hydrogen) atoms. The summed E-state index contributed by atoms with van der Waals surface area (Å²) in [6, 6.07) is 15.8. The fourth-order valence-electron chi connectivity index (χ4n) is 3.54. The summed E-state index contributed by atoms with van der Waals surface area (Å²) in [6.45, 7) is 2.24. The molecule has 0 aliphatic heterocycles. The van der Waals surface area contributed by atoms with E-state index in [-0.39, 0.29) is 6.42 Å². The maximum atomic E-state index is 10.8. The van der Waals surface area contributed by atoms with Crippen LogP contribution in [-0.4, -0.2) is 21.0 Å². The van der Waals surface area contributed by atoms with Crippen molar-refractivity contribution in [1.82, 2.24) is 9.97 Å². The van der Waals surface area contributed by atoms with E-state index in [1.165, 1.54) is 44.1 Å². The summed E-state index contributed by atoms with van der Waals surface area (Å²) in [5.74, 6) is -0.0739. The van der Waals surface area contributed by atoms with Crippen LogP contribution in [0.1, 0.15) is 56.6 Å². The Bertz CT molecular complexity index is 917. The van der Waals surface area contributed by atoms with Crippen molar-refractivity contribution >= 4 is 5.97 Å². The number of hydrogen-bond donors (Lipinski definition) is 1. The van der Waals surface area contributed by atoms with Crippen molar-refractivity contribution in [3.63, 3.8) is 0 Å². The van der Waals surface area contributed by atoms with Gasteiger partial charge in [-0.15, -0.1) is 0 Å². The summed E-state index contributed by atoms with van der Waals surface area (Å²) >= 11 is 0. The number of aromatic nitrogens is 2. The number of rotatable bonds is 11. The van der Waals surface area contributed by atoms with Gasteiger partial charge < -0.3 is 5.11 Å². The number of carboxylic acids is 1. The topological polar surface area (TPSA) is 63.1 Å².